The molecule has 0 saturated heterocycles. The molecule has 0 bridgehead atoms. The number of hydrogen-bond donors (Lipinski definition) is 1. The lowest BCUT2D eigenvalue weighted by Crippen LogP contribution is -2.38. The fourth-order valence-electron chi connectivity index (χ4n) is 0.603. The number of carbonyl (C=O) groups excluding carboxylic acids is 1. The molecule has 74 valence electrons. The molecule has 0 aromatic rings. The lowest BCUT2D eigenvalue weighted by atomic mass is 10.1. The average Bonchev–Trinajstić information content (AvgIpc) is 2.01. The van der Waals surface area contributed by atoms with Gasteiger partial charge in [-0.25, -0.2) is 8.78 Å². The fraction of sp³-hybridized carbons (Fsp3) is 0.667. The predicted octanol–water partition coefficient (Wildman–Crippen LogP) is 1.42. The van der Waals surface area contributed by atoms with Crippen LogP contribution in [0.15, 0.2) is 0 Å². The molecule has 0 rings (SSSR count). The number of carbonyl (C=O) groups is 1. The molecule has 1 N–H and O–H groups in total. The van der Waals surface area contributed by atoms with E-state index in [9.17, 15) is 13.6 Å². The van der Waals surface area contributed by atoms with E-state index in [1.807, 2.05) is 0 Å². The molecule has 0 fully saturated rings. The second kappa shape index (κ2) is 4.80. The summed E-state index contributed by atoms with van der Waals surface area (Å²) in [7, 11) is 0. The van der Waals surface area contributed by atoms with Gasteiger partial charge in [-0.1, -0.05) is 5.92 Å². The van der Waals surface area contributed by atoms with Gasteiger partial charge in [-0.3, -0.25) is 4.79 Å². The van der Waals surface area contributed by atoms with Crippen molar-refractivity contribution in [2.75, 3.05) is 6.54 Å². The Morgan fingerprint density at radius 2 is 2.15 bits per heavy atom. The van der Waals surface area contributed by atoms with Crippen LogP contribution in [0.3, 0.4) is 0 Å². The van der Waals surface area contributed by atoms with E-state index in [2.05, 4.69) is 17.2 Å². The van der Waals surface area contributed by atoms with Crippen molar-refractivity contribution in [3.8, 4) is 11.8 Å². The second-order valence-electron chi connectivity index (χ2n) is 2.82. The van der Waals surface area contributed by atoms with Gasteiger partial charge in [-0.05, 0) is 13.8 Å². The molecule has 0 radical (unpaired) electrons. The number of alkyl halides is 2. The molecule has 1 unspecified atom stereocenters. The van der Waals surface area contributed by atoms with Gasteiger partial charge in [-0.2, -0.15) is 0 Å². The topological polar surface area (TPSA) is 29.1 Å². The molecule has 1 amide bonds. The maximum Gasteiger partial charge on any atom is 0.256 e. The number of rotatable bonds is 3. The van der Waals surface area contributed by atoms with Crippen molar-refractivity contribution in [3.63, 3.8) is 0 Å². The summed E-state index contributed by atoms with van der Waals surface area (Å²) in [5.41, 5.74) is 0. The third kappa shape index (κ3) is 4.46. The zero-order chi connectivity index (χ0) is 10.5. The van der Waals surface area contributed by atoms with Crippen molar-refractivity contribution >= 4 is 5.91 Å². The molecular weight excluding hydrogens is 176 g/mol. The number of hydrogen-bond acceptors (Lipinski definition) is 1. The van der Waals surface area contributed by atoms with E-state index in [1.54, 1.807) is 6.92 Å². The minimum Gasteiger partial charge on any atom is -0.345 e. The Labute approximate surface area is 76.7 Å². The highest BCUT2D eigenvalue weighted by atomic mass is 19.3. The van der Waals surface area contributed by atoms with Gasteiger partial charge in [0.25, 0.3) is 5.92 Å². The average molecular weight is 189 g/mol. The largest absolute Gasteiger partial charge is 0.345 e. The highest BCUT2D eigenvalue weighted by molar-refractivity contribution is 5.79. The van der Waals surface area contributed by atoms with E-state index in [0.29, 0.717) is 0 Å². The summed E-state index contributed by atoms with van der Waals surface area (Å²) in [5.74, 6) is 0.140. The monoisotopic (exact) mass is 189 g/mol. The smallest absolute Gasteiger partial charge is 0.256 e. The van der Waals surface area contributed by atoms with Crippen LogP contribution < -0.4 is 5.32 Å². The summed E-state index contributed by atoms with van der Waals surface area (Å²) in [6.45, 7) is 3.65. The molecule has 0 aliphatic rings. The molecule has 0 aromatic heterocycles. The summed E-state index contributed by atoms with van der Waals surface area (Å²) < 4.78 is 25.2. The molecule has 0 spiro atoms. The third-order valence-corrected chi connectivity index (χ3v) is 1.68. The fourth-order valence-corrected chi connectivity index (χ4v) is 0.603. The minimum atomic E-state index is -2.98. The number of amides is 1. The Kier molecular flexibility index (Phi) is 4.39. The Balaban J connectivity index is 4.02. The lowest BCUT2D eigenvalue weighted by molar-refractivity contribution is -0.135. The summed E-state index contributed by atoms with van der Waals surface area (Å²) >= 11 is 0. The molecule has 0 aliphatic heterocycles. The highest BCUT2D eigenvalue weighted by Crippen LogP contribution is 2.22. The summed E-state index contributed by atoms with van der Waals surface area (Å²) in [5, 5.41) is 2.30. The van der Waals surface area contributed by atoms with Crippen LogP contribution in [0, 0.1) is 17.8 Å². The maximum atomic E-state index is 12.6. The van der Waals surface area contributed by atoms with E-state index in [-0.39, 0.29) is 6.54 Å². The molecular formula is C9H13F2NO. The second-order valence-corrected chi connectivity index (χ2v) is 2.82. The summed E-state index contributed by atoms with van der Waals surface area (Å²) in [6, 6.07) is 0. The van der Waals surface area contributed by atoms with Gasteiger partial charge >= 0.3 is 0 Å². The van der Waals surface area contributed by atoms with Gasteiger partial charge in [-0.15, -0.1) is 5.92 Å². The lowest BCUT2D eigenvalue weighted by Gasteiger charge is -2.17. The molecule has 0 heterocycles. The first-order chi connectivity index (χ1) is 5.89. The molecule has 2 nitrogen and oxygen atoms in total. The van der Waals surface area contributed by atoms with E-state index >= 15 is 0 Å². The standard InChI is InChI=1S/C9H13F2NO/c1-4-5-6-12-8(13)7(2)9(3,10)11/h7H,6H2,1-3H3,(H,12,13). The first-order valence-corrected chi connectivity index (χ1v) is 3.94. The van der Waals surface area contributed by atoms with Gasteiger partial charge in [0.1, 0.15) is 0 Å². The van der Waals surface area contributed by atoms with Gasteiger partial charge in [0, 0.05) is 6.92 Å². The number of nitrogens with one attached hydrogen (secondary N) is 1. The van der Waals surface area contributed by atoms with Crippen molar-refractivity contribution in [1.29, 1.82) is 0 Å². The van der Waals surface area contributed by atoms with Crippen LogP contribution in [-0.2, 0) is 4.79 Å². The third-order valence-electron chi connectivity index (χ3n) is 1.68. The molecule has 13 heavy (non-hydrogen) atoms. The normalized spacial score (nSPS) is 12.7. The van der Waals surface area contributed by atoms with Crippen molar-refractivity contribution in [2.45, 2.75) is 26.7 Å². The maximum absolute atomic E-state index is 12.6. The predicted molar refractivity (Wildman–Crippen MR) is 46.2 cm³/mol. The minimum absolute atomic E-state index is 0.121. The number of halogens is 2. The molecule has 0 aromatic carbocycles. The Hall–Kier alpha value is -1.11. The van der Waals surface area contributed by atoms with Crippen molar-refractivity contribution in [3.05, 3.63) is 0 Å². The van der Waals surface area contributed by atoms with Crippen molar-refractivity contribution in [2.24, 2.45) is 5.92 Å². The molecule has 1 atom stereocenters. The van der Waals surface area contributed by atoms with Gasteiger partial charge < -0.3 is 5.32 Å². The summed E-state index contributed by atoms with van der Waals surface area (Å²) in [6.07, 6.45) is 0. The SMILES string of the molecule is CC#CCNC(=O)C(C)C(C)(F)F. The van der Waals surface area contributed by atoms with Crippen molar-refractivity contribution in [1.82, 2.24) is 5.32 Å². The van der Waals surface area contributed by atoms with Crippen molar-refractivity contribution < 1.29 is 13.6 Å². The van der Waals surface area contributed by atoms with Crippen LogP contribution in [0.25, 0.3) is 0 Å². The molecule has 4 heteroatoms. The first-order valence-electron chi connectivity index (χ1n) is 3.94. The zero-order valence-electron chi connectivity index (χ0n) is 7.95. The van der Waals surface area contributed by atoms with Crippen LogP contribution in [0.1, 0.15) is 20.8 Å². The quantitative estimate of drug-likeness (QED) is 0.668. The Morgan fingerprint density at radius 1 is 1.62 bits per heavy atom. The van der Waals surface area contributed by atoms with Gasteiger partial charge in [0.05, 0.1) is 12.5 Å². The van der Waals surface area contributed by atoms with Crippen LogP contribution >= 0.6 is 0 Å². The highest BCUT2D eigenvalue weighted by Gasteiger charge is 2.35. The zero-order valence-corrected chi connectivity index (χ0v) is 7.95. The Morgan fingerprint density at radius 3 is 2.54 bits per heavy atom. The van der Waals surface area contributed by atoms with Crippen LogP contribution in [0.4, 0.5) is 8.78 Å². The summed E-state index contributed by atoms with van der Waals surface area (Å²) in [4.78, 5) is 11.0. The van der Waals surface area contributed by atoms with E-state index in [1.165, 1.54) is 6.92 Å². The van der Waals surface area contributed by atoms with Crippen LogP contribution in [0.2, 0.25) is 0 Å². The van der Waals surface area contributed by atoms with E-state index in [4.69, 9.17) is 0 Å². The molecule has 0 saturated carbocycles. The molecule has 0 aliphatic carbocycles. The van der Waals surface area contributed by atoms with E-state index < -0.39 is 17.7 Å². The van der Waals surface area contributed by atoms with Gasteiger partial charge in [0.15, 0.2) is 0 Å². The van der Waals surface area contributed by atoms with Crippen LogP contribution in [-0.4, -0.2) is 18.4 Å². The Bertz CT molecular complexity index is 234. The van der Waals surface area contributed by atoms with Crippen LogP contribution in [0.5, 0.6) is 0 Å². The van der Waals surface area contributed by atoms with Gasteiger partial charge in [0.2, 0.25) is 5.91 Å². The first kappa shape index (κ1) is 11.9. The van der Waals surface area contributed by atoms with E-state index in [0.717, 1.165) is 6.92 Å².